The van der Waals surface area contributed by atoms with Crippen molar-refractivity contribution in [3.05, 3.63) is 29.3 Å². The molecule has 0 aromatic carbocycles. The molecule has 2 aromatic heterocycles. The summed E-state index contributed by atoms with van der Waals surface area (Å²) in [6.07, 6.45) is 4.09. The van der Waals surface area contributed by atoms with E-state index in [0.29, 0.717) is 18.2 Å². The zero-order valence-electron chi connectivity index (χ0n) is 13.5. The molecule has 0 spiro atoms. The summed E-state index contributed by atoms with van der Waals surface area (Å²) in [7, 11) is 1.44. The second kappa shape index (κ2) is 5.35. The zero-order valence-corrected chi connectivity index (χ0v) is 13.5. The Bertz CT molecular complexity index is 720. The summed E-state index contributed by atoms with van der Waals surface area (Å²) in [5, 5.41) is 3.34. The van der Waals surface area contributed by atoms with Gasteiger partial charge in [0.05, 0.1) is 12.8 Å². The number of rotatable bonds is 5. The number of carbonyl (C=O) groups excluding carboxylic acids is 1. The predicted octanol–water partition coefficient (Wildman–Crippen LogP) is 1.78. The molecule has 2 heterocycles. The molecule has 118 valence electrons. The number of nitrogens with one attached hydrogen (secondary N) is 1. The van der Waals surface area contributed by atoms with Gasteiger partial charge in [0.15, 0.2) is 0 Å². The smallest absolute Gasteiger partial charge is 0.326 e. The molecule has 1 unspecified atom stereocenters. The van der Waals surface area contributed by atoms with Crippen LogP contribution >= 0.6 is 0 Å². The molecule has 1 atom stereocenters. The molecule has 0 amide bonds. The van der Waals surface area contributed by atoms with Crippen LogP contribution in [0.5, 0.6) is 0 Å². The van der Waals surface area contributed by atoms with Gasteiger partial charge in [-0.15, -0.1) is 0 Å². The lowest BCUT2D eigenvalue weighted by molar-refractivity contribution is -0.149. The number of ether oxygens (including phenoxy) is 1. The van der Waals surface area contributed by atoms with Crippen molar-refractivity contribution in [2.24, 2.45) is 5.92 Å². The number of carbonyl (C=O) groups is 1. The molecule has 6 heteroatoms. The fourth-order valence-corrected chi connectivity index (χ4v) is 2.93. The van der Waals surface area contributed by atoms with Crippen LogP contribution in [-0.4, -0.2) is 33.0 Å². The van der Waals surface area contributed by atoms with Crippen molar-refractivity contribution in [2.75, 3.05) is 7.11 Å². The normalized spacial score (nSPS) is 17.5. The van der Waals surface area contributed by atoms with Crippen molar-refractivity contribution in [3.8, 4) is 0 Å². The van der Waals surface area contributed by atoms with Crippen molar-refractivity contribution in [1.29, 1.82) is 0 Å². The van der Waals surface area contributed by atoms with E-state index in [9.17, 15) is 4.79 Å². The Labute approximate surface area is 129 Å². The second-order valence-corrected chi connectivity index (χ2v) is 6.26. The van der Waals surface area contributed by atoms with Gasteiger partial charge < -0.3 is 4.74 Å². The van der Waals surface area contributed by atoms with Gasteiger partial charge in [0.25, 0.3) is 0 Å². The van der Waals surface area contributed by atoms with Crippen molar-refractivity contribution < 1.29 is 9.53 Å². The van der Waals surface area contributed by atoms with Crippen LogP contribution in [0.3, 0.4) is 0 Å². The molecule has 1 fully saturated rings. The lowest BCUT2D eigenvalue weighted by Gasteiger charge is -2.27. The van der Waals surface area contributed by atoms with Crippen LogP contribution in [0, 0.1) is 19.8 Å². The number of aromatic nitrogens is 3. The molecular weight excluding hydrogens is 280 g/mol. The highest BCUT2D eigenvalue weighted by Crippen LogP contribution is 2.40. The summed E-state index contributed by atoms with van der Waals surface area (Å²) >= 11 is 0. The largest absolute Gasteiger partial charge is 0.468 e. The van der Waals surface area contributed by atoms with Crippen LogP contribution in [0.1, 0.15) is 36.8 Å². The third kappa shape index (κ3) is 2.59. The van der Waals surface area contributed by atoms with E-state index in [2.05, 4.69) is 15.3 Å². The van der Waals surface area contributed by atoms with Gasteiger partial charge in [-0.1, -0.05) is 0 Å². The number of nitrogens with zero attached hydrogens (tertiary/aromatic N) is 3. The minimum absolute atomic E-state index is 0.205. The maximum Gasteiger partial charge on any atom is 0.326 e. The number of aryl methyl sites for hydroxylation is 2. The maximum absolute atomic E-state index is 12.1. The van der Waals surface area contributed by atoms with Crippen molar-refractivity contribution >= 4 is 11.7 Å². The SMILES string of the molecule is COC(=O)C(C)(NCc1cn2c(C)cc(C)nc2n1)C1CC1. The van der Waals surface area contributed by atoms with Gasteiger partial charge >= 0.3 is 5.97 Å². The first-order valence-electron chi connectivity index (χ1n) is 7.59. The Morgan fingerprint density at radius 3 is 2.82 bits per heavy atom. The molecule has 0 bridgehead atoms. The number of fused-ring (bicyclic) bond motifs is 1. The third-order valence-corrected chi connectivity index (χ3v) is 4.45. The van der Waals surface area contributed by atoms with Crippen LogP contribution < -0.4 is 5.32 Å². The first-order valence-corrected chi connectivity index (χ1v) is 7.59. The van der Waals surface area contributed by atoms with Crippen LogP contribution in [0.15, 0.2) is 12.3 Å². The highest BCUT2D eigenvalue weighted by atomic mass is 16.5. The van der Waals surface area contributed by atoms with Gasteiger partial charge in [0, 0.05) is 24.1 Å². The van der Waals surface area contributed by atoms with E-state index < -0.39 is 5.54 Å². The summed E-state index contributed by atoms with van der Waals surface area (Å²) in [5.41, 5.74) is 2.28. The molecule has 0 saturated heterocycles. The molecule has 6 nitrogen and oxygen atoms in total. The maximum atomic E-state index is 12.1. The first-order chi connectivity index (χ1) is 10.4. The Balaban J connectivity index is 1.81. The molecule has 0 aliphatic heterocycles. The molecule has 22 heavy (non-hydrogen) atoms. The molecule has 3 rings (SSSR count). The fourth-order valence-electron chi connectivity index (χ4n) is 2.93. The number of methoxy groups -OCH3 is 1. The second-order valence-electron chi connectivity index (χ2n) is 6.26. The van der Waals surface area contributed by atoms with Crippen LogP contribution in [0.25, 0.3) is 5.78 Å². The lowest BCUT2D eigenvalue weighted by Crippen LogP contribution is -2.51. The minimum Gasteiger partial charge on any atom is -0.468 e. The molecule has 1 aliphatic rings. The van der Waals surface area contributed by atoms with Gasteiger partial charge in [-0.05, 0) is 45.6 Å². The van der Waals surface area contributed by atoms with Gasteiger partial charge in [0.2, 0.25) is 5.78 Å². The monoisotopic (exact) mass is 302 g/mol. The fraction of sp³-hybridized carbons (Fsp3) is 0.562. The van der Waals surface area contributed by atoms with Gasteiger partial charge in [0.1, 0.15) is 5.54 Å². The zero-order chi connectivity index (χ0) is 15.9. The van der Waals surface area contributed by atoms with Gasteiger partial charge in [-0.25, -0.2) is 9.97 Å². The lowest BCUT2D eigenvalue weighted by atomic mass is 9.96. The molecule has 1 aliphatic carbocycles. The van der Waals surface area contributed by atoms with E-state index >= 15 is 0 Å². The Morgan fingerprint density at radius 1 is 1.45 bits per heavy atom. The highest BCUT2D eigenvalue weighted by Gasteiger charge is 2.47. The average molecular weight is 302 g/mol. The minimum atomic E-state index is -0.636. The van der Waals surface area contributed by atoms with Crippen LogP contribution in [0.4, 0.5) is 0 Å². The van der Waals surface area contributed by atoms with E-state index in [1.165, 1.54) is 7.11 Å². The summed E-state index contributed by atoms with van der Waals surface area (Å²) < 4.78 is 6.93. The van der Waals surface area contributed by atoms with E-state index in [4.69, 9.17) is 4.74 Å². The first kappa shape index (κ1) is 15.0. The van der Waals surface area contributed by atoms with Gasteiger partial charge in [-0.2, -0.15) is 0 Å². The molecule has 1 N–H and O–H groups in total. The van der Waals surface area contributed by atoms with E-state index in [1.807, 2.05) is 37.4 Å². The number of esters is 1. The average Bonchev–Trinajstić information content (AvgIpc) is 3.25. The molecule has 1 saturated carbocycles. The summed E-state index contributed by atoms with van der Waals surface area (Å²) in [4.78, 5) is 21.1. The van der Waals surface area contributed by atoms with E-state index in [1.54, 1.807) is 0 Å². The summed E-state index contributed by atoms with van der Waals surface area (Å²) in [5.74, 6) is 0.837. The van der Waals surface area contributed by atoms with Crippen molar-refractivity contribution in [1.82, 2.24) is 19.7 Å². The number of hydrogen-bond donors (Lipinski definition) is 1. The van der Waals surface area contributed by atoms with Crippen LogP contribution in [0.2, 0.25) is 0 Å². The molecular formula is C16H22N4O2. The standard InChI is InChI=1S/C16H22N4O2/c1-10-7-11(2)20-9-13(19-15(20)18-10)8-17-16(3,12-5-6-12)14(21)22-4/h7,9,12,17H,5-6,8H2,1-4H3. The number of imidazole rings is 1. The molecule has 2 aromatic rings. The Kier molecular flexibility index (Phi) is 3.64. The topological polar surface area (TPSA) is 68.5 Å². The Hall–Kier alpha value is -1.95. The number of hydrogen-bond acceptors (Lipinski definition) is 5. The summed E-state index contributed by atoms with van der Waals surface area (Å²) in [6, 6.07) is 2.02. The summed E-state index contributed by atoms with van der Waals surface area (Å²) in [6.45, 7) is 6.42. The van der Waals surface area contributed by atoms with Gasteiger partial charge in [-0.3, -0.25) is 14.5 Å². The van der Waals surface area contributed by atoms with Crippen LogP contribution in [-0.2, 0) is 16.1 Å². The van der Waals surface area contributed by atoms with Crippen molar-refractivity contribution in [2.45, 2.75) is 45.7 Å². The van der Waals surface area contributed by atoms with E-state index in [-0.39, 0.29) is 5.97 Å². The van der Waals surface area contributed by atoms with E-state index in [0.717, 1.165) is 29.9 Å². The highest BCUT2D eigenvalue weighted by molar-refractivity contribution is 5.81. The predicted molar refractivity (Wildman–Crippen MR) is 82.4 cm³/mol. The molecule has 0 radical (unpaired) electrons. The quantitative estimate of drug-likeness (QED) is 0.853. The third-order valence-electron chi connectivity index (χ3n) is 4.45. The van der Waals surface area contributed by atoms with Crippen molar-refractivity contribution in [3.63, 3.8) is 0 Å². The Morgan fingerprint density at radius 2 is 2.18 bits per heavy atom.